The first kappa shape index (κ1) is 32.8. The minimum Gasteiger partial charge on any atom is -0.481 e. The topological polar surface area (TPSA) is 149 Å². The molecule has 1 fully saturated rings. The molecule has 6 rings (SSSR count). The summed E-state index contributed by atoms with van der Waals surface area (Å²) < 4.78 is 82.9. The van der Waals surface area contributed by atoms with Gasteiger partial charge in [0.2, 0.25) is 21.7 Å². The summed E-state index contributed by atoms with van der Waals surface area (Å²) in [6, 6.07) is 6.13. The number of halogens is 3. The van der Waals surface area contributed by atoms with E-state index in [1.165, 1.54) is 54.9 Å². The van der Waals surface area contributed by atoms with Crippen LogP contribution in [0, 0.1) is 19.3 Å². The molecule has 2 aliphatic rings. The van der Waals surface area contributed by atoms with E-state index >= 15 is 0 Å². The van der Waals surface area contributed by atoms with Gasteiger partial charge >= 0.3 is 12.1 Å². The van der Waals surface area contributed by atoms with Crippen molar-refractivity contribution in [3.05, 3.63) is 76.6 Å². The van der Waals surface area contributed by atoms with E-state index in [2.05, 4.69) is 20.2 Å². The fraction of sp³-hybridized carbons (Fsp3) is 0.452. The van der Waals surface area contributed by atoms with Gasteiger partial charge in [-0.2, -0.15) is 17.5 Å². The average molecular weight is 675 g/mol. The number of sulfonamides is 1. The first-order valence-electron chi connectivity index (χ1n) is 14.9. The van der Waals surface area contributed by atoms with Gasteiger partial charge in [-0.3, -0.25) is 14.2 Å². The van der Waals surface area contributed by atoms with Crippen molar-refractivity contribution >= 4 is 21.6 Å². The van der Waals surface area contributed by atoms with Crippen LogP contribution in [0.5, 0.6) is 5.88 Å². The highest BCUT2D eigenvalue weighted by molar-refractivity contribution is 7.89. The summed E-state index contributed by atoms with van der Waals surface area (Å²) in [5, 5.41) is 17.5. The highest BCUT2D eigenvalue weighted by atomic mass is 32.2. The molecule has 4 aromatic rings. The monoisotopic (exact) mass is 674 g/mol. The second-order valence-electron chi connectivity index (χ2n) is 12.6. The quantitative estimate of drug-likeness (QED) is 0.309. The minimum absolute atomic E-state index is 0.0208. The number of carbonyl (C=O) groups is 1. The molecule has 1 spiro atoms. The number of fused-ring (bicyclic) bond motifs is 2. The van der Waals surface area contributed by atoms with Crippen molar-refractivity contribution in [3.63, 3.8) is 0 Å². The number of carboxylic acid groups (broad SMARTS) is 1. The smallest absolute Gasteiger partial charge is 0.452 e. The molecule has 250 valence electrons. The summed E-state index contributed by atoms with van der Waals surface area (Å²) in [6.07, 6.45) is 0.310. The zero-order chi connectivity index (χ0) is 33.9. The third-order valence-corrected chi connectivity index (χ3v) is 10.9. The van der Waals surface area contributed by atoms with E-state index in [9.17, 15) is 31.5 Å². The van der Waals surface area contributed by atoms with Gasteiger partial charge in [0.25, 0.3) is 0 Å². The lowest BCUT2D eigenvalue weighted by Gasteiger charge is -2.38. The Morgan fingerprint density at radius 1 is 1.13 bits per heavy atom. The van der Waals surface area contributed by atoms with Gasteiger partial charge in [0.1, 0.15) is 10.5 Å². The fourth-order valence-electron chi connectivity index (χ4n) is 6.39. The van der Waals surface area contributed by atoms with Crippen molar-refractivity contribution in [2.45, 2.75) is 69.7 Å². The van der Waals surface area contributed by atoms with Crippen LogP contribution in [0.15, 0.2) is 47.8 Å². The van der Waals surface area contributed by atoms with Crippen LogP contribution in [0.4, 0.5) is 13.2 Å². The Morgan fingerprint density at radius 2 is 1.85 bits per heavy atom. The summed E-state index contributed by atoms with van der Waals surface area (Å²) in [5.74, 6) is -3.24. The van der Waals surface area contributed by atoms with Gasteiger partial charge in [0.05, 0.1) is 25.2 Å². The molecule has 0 aliphatic carbocycles. The van der Waals surface area contributed by atoms with Crippen LogP contribution in [-0.2, 0) is 32.3 Å². The van der Waals surface area contributed by atoms with Crippen molar-refractivity contribution in [1.82, 2.24) is 28.9 Å². The zero-order valence-electron chi connectivity index (χ0n) is 26.1. The number of pyridine rings is 3. The number of hydrogen-bond acceptors (Lipinski definition) is 9. The van der Waals surface area contributed by atoms with E-state index in [0.717, 1.165) is 4.40 Å². The van der Waals surface area contributed by atoms with Crippen LogP contribution in [-0.4, -0.2) is 73.7 Å². The molecule has 1 atom stereocenters. The predicted octanol–water partition coefficient (Wildman–Crippen LogP) is 4.53. The number of aryl methyl sites for hydroxylation is 2. The molecule has 1 N–H and O–H groups in total. The maximum Gasteiger partial charge on any atom is 0.452 e. The van der Waals surface area contributed by atoms with E-state index in [-0.39, 0.29) is 29.5 Å². The Labute approximate surface area is 268 Å². The van der Waals surface area contributed by atoms with Crippen LogP contribution in [0.2, 0.25) is 0 Å². The van der Waals surface area contributed by atoms with Gasteiger partial charge in [-0.05, 0) is 68.1 Å². The lowest BCUT2D eigenvalue weighted by atomic mass is 9.70. The molecular weight excluding hydrogens is 641 g/mol. The number of alkyl halides is 3. The molecule has 0 bridgehead atoms. The molecule has 0 saturated carbocycles. The van der Waals surface area contributed by atoms with Crippen LogP contribution >= 0.6 is 0 Å². The Bertz CT molecular complexity index is 1970. The van der Waals surface area contributed by atoms with Gasteiger partial charge < -0.3 is 14.6 Å². The molecule has 0 radical (unpaired) electrons. The molecule has 0 aromatic carbocycles. The van der Waals surface area contributed by atoms with Gasteiger partial charge in [0, 0.05) is 49.6 Å². The molecule has 1 saturated heterocycles. The molecule has 6 heterocycles. The summed E-state index contributed by atoms with van der Waals surface area (Å²) >= 11 is 0. The lowest BCUT2D eigenvalue weighted by molar-refractivity contribution is -0.147. The molecular formula is C31H33F3N6O6S. The number of aromatic nitrogens is 5. The number of hydrogen-bond donors (Lipinski definition) is 1. The van der Waals surface area contributed by atoms with Gasteiger partial charge in [-0.15, -0.1) is 10.2 Å². The van der Waals surface area contributed by atoms with Gasteiger partial charge in [0.15, 0.2) is 5.65 Å². The summed E-state index contributed by atoms with van der Waals surface area (Å²) in [5.41, 5.74) is -0.214. The maximum absolute atomic E-state index is 14.1. The highest BCUT2D eigenvalue weighted by Gasteiger charge is 2.46. The van der Waals surface area contributed by atoms with Crippen LogP contribution < -0.4 is 4.74 Å². The molecule has 0 amide bonds. The van der Waals surface area contributed by atoms with E-state index in [0.29, 0.717) is 54.0 Å². The van der Waals surface area contributed by atoms with Crippen LogP contribution in [0.3, 0.4) is 0 Å². The lowest BCUT2D eigenvalue weighted by Crippen LogP contribution is -2.50. The summed E-state index contributed by atoms with van der Waals surface area (Å²) in [6.45, 7) is 7.02. The first-order chi connectivity index (χ1) is 22.0. The molecule has 4 aromatic heterocycles. The SMILES string of the molecule is Cc1ncc(C(c2ccn3c(C(F)(F)F)nnc3c2C)C(C)(C)C(=O)O)cc1CN1CC2(CCOCC2)Oc2ncccc2S1(=O)=O. The second kappa shape index (κ2) is 11.5. The van der Waals surface area contributed by atoms with Gasteiger partial charge in [-0.1, -0.05) is 6.07 Å². The third-order valence-electron chi connectivity index (χ3n) is 9.13. The molecule has 1 unspecified atom stereocenters. The van der Waals surface area contributed by atoms with Gasteiger partial charge in [-0.25, -0.2) is 13.4 Å². The summed E-state index contributed by atoms with van der Waals surface area (Å²) in [7, 11) is -4.10. The standard InChI is InChI=1S/C31H33F3N6O6S/c1-18-22(7-11-40-25(18)37-38-27(40)31(32,33)34)24(29(3,4)28(41)42)20-14-21(19(2)36-15-20)16-39-17-30(8-12-45-13-9-30)46-26-23(47(39,43)44)6-5-10-35-26/h5-7,10-11,14-15,24H,8-9,12-13,16-17H2,1-4H3,(H,41,42). The number of carboxylic acids is 1. The van der Waals surface area contributed by atoms with Crippen molar-refractivity contribution in [2.24, 2.45) is 5.41 Å². The van der Waals surface area contributed by atoms with E-state index in [1.807, 2.05) is 0 Å². The van der Waals surface area contributed by atoms with Crippen molar-refractivity contribution in [1.29, 1.82) is 0 Å². The van der Waals surface area contributed by atoms with E-state index in [4.69, 9.17) is 9.47 Å². The minimum atomic E-state index is -4.75. The molecule has 2 aliphatic heterocycles. The molecule has 12 nitrogen and oxygen atoms in total. The Morgan fingerprint density at radius 3 is 2.53 bits per heavy atom. The van der Waals surface area contributed by atoms with Crippen LogP contribution in [0.25, 0.3) is 5.65 Å². The molecule has 16 heteroatoms. The van der Waals surface area contributed by atoms with Crippen molar-refractivity contribution < 1.29 is 41.0 Å². The maximum atomic E-state index is 14.1. The third kappa shape index (κ3) is 5.71. The van der Waals surface area contributed by atoms with Crippen molar-refractivity contribution in [2.75, 3.05) is 19.8 Å². The number of nitrogens with zero attached hydrogens (tertiary/aromatic N) is 6. The highest BCUT2D eigenvalue weighted by Crippen LogP contribution is 2.44. The number of ether oxygens (including phenoxy) is 2. The van der Waals surface area contributed by atoms with Crippen molar-refractivity contribution in [3.8, 4) is 5.88 Å². The molecule has 47 heavy (non-hydrogen) atoms. The van der Waals surface area contributed by atoms with E-state index < -0.39 is 44.9 Å². The normalized spacial score (nSPS) is 18.8. The fourth-order valence-corrected chi connectivity index (χ4v) is 7.95. The number of rotatable bonds is 6. The predicted molar refractivity (Wildman–Crippen MR) is 160 cm³/mol. The Balaban J connectivity index is 1.46. The Kier molecular flexibility index (Phi) is 8.04. The largest absolute Gasteiger partial charge is 0.481 e. The second-order valence-corrected chi connectivity index (χ2v) is 14.5. The summed E-state index contributed by atoms with van der Waals surface area (Å²) in [4.78, 5) is 21.4. The zero-order valence-corrected chi connectivity index (χ0v) is 26.9. The number of aliphatic carboxylic acids is 1. The van der Waals surface area contributed by atoms with E-state index in [1.54, 1.807) is 19.9 Å². The average Bonchev–Trinajstić information content (AvgIpc) is 3.43. The Hall–Kier alpha value is -4.15. The first-order valence-corrected chi connectivity index (χ1v) is 16.3. The van der Waals surface area contributed by atoms with Crippen LogP contribution in [0.1, 0.15) is 66.4 Å².